The normalized spacial score (nSPS) is 14.3. The van der Waals surface area contributed by atoms with Crippen LogP contribution in [-0.2, 0) is 28.8 Å². The lowest BCUT2D eigenvalue weighted by molar-refractivity contribution is -0.142. The molecule has 13 nitrogen and oxygen atoms in total. The molecule has 9 N–H and O–H groups in total. The first-order chi connectivity index (χ1) is 15.4. The highest BCUT2D eigenvalue weighted by atomic mass is 32.2. The molecule has 0 aromatic heterocycles. The van der Waals surface area contributed by atoms with Gasteiger partial charge in [0.25, 0.3) is 0 Å². The summed E-state index contributed by atoms with van der Waals surface area (Å²) in [7, 11) is 0. The second kappa shape index (κ2) is 16.1. The molecule has 0 rings (SSSR count). The summed E-state index contributed by atoms with van der Waals surface area (Å²) in [5.41, 5.74) is 10.7. The molecule has 4 amide bonds. The van der Waals surface area contributed by atoms with Gasteiger partial charge in [0.05, 0.1) is 6.04 Å². The van der Waals surface area contributed by atoms with Gasteiger partial charge in [0.1, 0.15) is 18.1 Å². The van der Waals surface area contributed by atoms with Gasteiger partial charge in [0.15, 0.2) is 0 Å². The van der Waals surface area contributed by atoms with E-state index in [2.05, 4.69) is 28.6 Å². The number of carboxylic acids is 2. The van der Waals surface area contributed by atoms with E-state index in [0.717, 1.165) is 0 Å². The van der Waals surface area contributed by atoms with Crippen LogP contribution < -0.4 is 27.4 Å². The standard InChI is InChI=1S/C18H31N5O8S2/c1-33-7-6-10(16(28)22-11(18(30)31)3-4-13(20)24)21-17(29)12(8-32)23-15(27)9(19)2-5-14(25)26/h9-12,32H,2-8,19H2,1H3,(H2,20,24)(H,21,29)(H,22,28)(H,23,27)(H,25,26)(H,30,31). The Kier molecular flexibility index (Phi) is 14.9. The fourth-order valence-electron chi connectivity index (χ4n) is 2.48. The van der Waals surface area contributed by atoms with Crippen LogP contribution in [0.5, 0.6) is 0 Å². The van der Waals surface area contributed by atoms with Crippen molar-refractivity contribution in [3.63, 3.8) is 0 Å². The Morgan fingerprint density at radius 1 is 0.848 bits per heavy atom. The number of hydrogen-bond donors (Lipinski definition) is 8. The van der Waals surface area contributed by atoms with Gasteiger partial charge in [-0.2, -0.15) is 24.4 Å². The highest BCUT2D eigenvalue weighted by molar-refractivity contribution is 7.98. The molecule has 188 valence electrons. The van der Waals surface area contributed by atoms with Gasteiger partial charge in [-0.15, -0.1) is 0 Å². The van der Waals surface area contributed by atoms with E-state index in [1.54, 1.807) is 6.26 Å². The zero-order chi connectivity index (χ0) is 25.6. The van der Waals surface area contributed by atoms with Crippen molar-refractivity contribution in [3.8, 4) is 0 Å². The van der Waals surface area contributed by atoms with Crippen molar-refractivity contribution >= 4 is 60.0 Å². The van der Waals surface area contributed by atoms with Crippen LogP contribution in [0.25, 0.3) is 0 Å². The van der Waals surface area contributed by atoms with Gasteiger partial charge in [-0.05, 0) is 31.3 Å². The molecule has 0 bridgehead atoms. The number of hydrogen-bond acceptors (Lipinski definition) is 9. The third kappa shape index (κ3) is 12.9. The second-order valence-electron chi connectivity index (χ2n) is 7.03. The molecule has 0 aliphatic carbocycles. The minimum absolute atomic E-state index is 0.136. The maximum Gasteiger partial charge on any atom is 0.326 e. The van der Waals surface area contributed by atoms with Crippen molar-refractivity contribution in [2.24, 2.45) is 11.5 Å². The molecule has 0 aliphatic heterocycles. The third-order valence-corrected chi connectivity index (χ3v) is 5.37. The lowest BCUT2D eigenvalue weighted by Gasteiger charge is -2.24. The van der Waals surface area contributed by atoms with Crippen LogP contribution in [0.2, 0.25) is 0 Å². The number of aliphatic carboxylic acids is 2. The van der Waals surface area contributed by atoms with Crippen LogP contribution in [0.15, 0.2) is 0 Å². The average molecular weight is 510 g/mol. The highest BCUT2D eigenvalue weighted by Gasteiger charge is 2.29. The first-order valence-corrected chi connectivity index (χ1v) is 11.9. The van der Waals surface area contributed by atoms with Crippen LogP contribution in [0, 0.1) is 0 Å². The van der Waals surface area contributed by atoms with Crippen molar-refractivity contribution < 1.29 is 39.0 Å². The number of thioether (sulfide) groups is 1. The third-order valence-electron chi connectivity index (χ3n) is 4.36. The van der Waals surface area contributed by atoms with Gasteiger partial charge >= 0.3 is 11.9 Å². The molecule has 0 spiro atoms. The first kappa shape index (κ1) is 30.5. The zero-order valence-corrected chi connectivity index (χ0v) is 19.8. The van der Waals surface area contributed by atoms with E-state index in [-0.39, 0.29) is 37.9 Å². The van der Waals surface area contributed by atoms with Crippen LogP contribution in [-0.4, -0.2) is 87.7 Å². The van der Waals surface area contributed by atoms with Gasteiger partial charge in [-0.25, -0.2) is 4.79 Å². The minimum atomic E-state index is -1.38. The van der Waals surface area contributed by atoms with Crippen LogP contribution in [0.1, 0.15) is 32.1 Å². The predicted octanol–water partition coefficient (Wildman–Crippen LogP) is -2.33. The van der Waals surface area contributed by atoms with Crippen molar-refractivity contribution in [2.75, 3.05) is 17.8 Å². The van der Waals surface area contributed by atoms with Gasteiger partial charge in [0, 0.05) is 18.6 Å². The first-order valence-electron chi connectivity index (χ1n) is 9.92. The summed E-state index contributed by atoms with van der Waals surface area (Å²) in [4.78, 5) is 70.3. The Balaban J connectivity index is 5.20. The maximum atomic E-state index is 12.6. The monoisotopic (exact) mass is 509 g/mol. The molecule has 0 aromatic rings. The number of rotatable bonds is 17. The number of carbonyl (C=O) groups is 6. The number of thiol groups is 1. The number of nitrogens with two attached hydrogens (primary N) is 2. The van der Waals surface area contributed by atoms with E-state index >= 15 is 0 Å². The Labute approximate surface area is 200 Å². The summed E-state index contributed by atoms with van der Waals surface area (Å²) in [6.07, 6.45) is 0.996. The number of primary amides is 1. The van der Waals surface area contributed by atoms with Crippen molar-refractivity contribution in [1.29, 1.82) is 0 Å². The smallest absolute Gasteiger partial charge is 0.326 e. The largest absolute Gasteiger partial charge is 0.481 e. The Morgan fingerprint density at radius 2 is 1.39 bits per heavy atom. The summed E-state index contributed by atoms with van der Waals surface area (Å²) >= 11 is 5.41. The van der Waals surface area contributed by atoms with Gasteiger partial charge < -0.3 is 37.6 Å². The molecule has 0 saturated carbocycles. The predicted molar refractivity (Wildman–Crippen MR) is 124 cm³/mol. The quantitative estimate of drug-likeness (QED) is 0.0974. The van der Waals surface area contributed by atoms with Crippen molar-refractivity contribution in [1.82, 2.24) is 16.0 Å². The van der Waals surface area contributed by atoms with E-state index in [1.165, 1.54) is 11.8 Å². The molecule has 0 heterocycles. The maximum absolute atomic E-state index is 12.6. The molecule has 15 heteroatoms. The highest BCUT2D eigenvalue weighted by Crippen LogP contribution is 2.05. The topological polar surface area (TPSA) is 231 Å². The molecule has 4 atom stereocenters. The summed E-state index contributed by atoms with van der Waals surface area (Å²) in [5, 5.41) is 25.0. The molecular formula is C18H31N5O8S2. The number of carboxylic acid groups (broad SMARTS) is 2. The van der Waals surface area contributed by atoms with E-state index in [1.807, 2.05) is 0 Å². The molecule has 4 unspecified atom stereocenters. The summed E-state index contributed by atoms with van der Waals surface area (Å²) < 4.78 is 0. The molecule has 33 heavy (non-hydrogen) atoms. The second-order valence-corrected chi connectivity index (χ2v) is 8.38. The molecule has 0 aromatic carbocycles. The van der Waals surface area contributed by atoms with E-state index in [9.17, 15) is 33.9 Å². The molecule has 0 saturated heterocycles. The van der Waals surface area contributed by atoms with Crippen LogP contribution >= 0.6 is 24.4 Å². The summed E-state index contributed by atoms with van der Waals surface area (Å²) in [6, 6.07) is -4.84. The number of amides is 4. The molecular weight excluding hydrogens is 478 g/mol. The average Bonchev–Trinajstić information content (AvgIpc) is 2.74. The fraction of sp³-hybridized carbons (Fsp3) is 0.667. The molecule has 0 radical (unpaired) electrons. The lowest BCUT2D eigenvalue weighted by Crippen LogP contribution is -2.57. The molecule has 0 fully saturated rings. The SMILES string of the molecule is CSCCC(NC(=O)C(CS)NC(=O)C(N)CCC(=O)O)C(=O)NC(CCC(N)=O)C(=O)O. The summed E-state index contributed by atoms with van der Waals surface area (Å²) in [6.45, 7) is 0. The Morgan fingerprint density at radius 3 is 1.88 bits per heavy atom. The number of carbonyl (C=O) groups excluding carboxylic acids is 4. The van der Waals surface area contributed by atoms with Crippen molar-refractivity contribution in [3.05, 3.63) is 0 Å². The Hall–Kier alpha value is -2.52. The zero-order valence-electron chi connectivity index (χ0n) is 18.1. The van der Waals surface area contributed by atoms with E-state index in [4.69, 9.17) is 16.6 Å². The lowest BCUT2D eigenvalue weighted by atomic mass is 10.1. The van der Waals surface area contributed by atoms with E-state index < -0.39 is 59.7 Å². The van der Waals surface area contributed by atoms with Crippen LogP contribution in [0.3, 0.4) is 0 Å². The van der Waals surface area contributed by atoms with Crippen molar-refractivity contribution in [2.45, 2.75) is 56.3 Å². The van der Waals surface area contributed by atoms with Gasteiger partial charge in [-0.3, -0.25) is 24.0 Å². The summed E-state index contributed by atoms with van der Waals surface area (Å²) in [5.74, 6) is -5.20. The van der Waals surface area contributed by atoms with E-state index in [0.29, 0.717) is 5.75 Å². The minimum Gasteiger partial charge on any atom is -0.481 e. The van der Waals surface area contributed by atoms with Gasteiger partial charge in [-0.1, -0.05) is 0 Å². The molecule has 0 aliphatic rings. The van der Waals surface area contributed by atoms with Crippen LogP contribution in [0.4, 0.5) is 0 Å². The number of nitrogens with one attached hydrogen (secondary N) is 3. The van der Waals surface area contributed by atoms with Gasteiger partial charge in [0.2, 0.25) is 23.6 Å². The fourth-order valence-corrected chi connectivity index (χ4v) is 3.20. The Bertz CT molecular complexity index is 724.